The minimum atomic E-state index is 0. The second-order valence-corrected chi connectivity index (χ2v) is 6.20. The van der Waals surface area contributed by atoms with Crippen molar-refractivity contribution < 1.29 is 0 Å². The van der Waals surface area contributed by atoms with Crippen LogP contribution in [0.5, 0.6) is 0 Å². The van der Waals surface area contributed by atoms with E-state index in [4.69, 9.17) is 4.99 Å². The highest BCUT2D eigenvalue weighted by molar-refractivity contribution is 14.0. The Bertz CT molecular complexity index is 844. The normalized spacial score (nSPS) is 11.1. The molecule has 4 nitrogen and oxygen atoms in total. The fourth-order valence-electron chi connectivity index (χ4n) is 2.94. The molecule has 0 radical (unpaired) electrons. The standard InChI is InChI=1S/C22H26N4.HI/c1-2-23-22(25-15-8-11-18-9-4-3-5-10-18)26-17-19-14-16-24-21-13-7-6-12-20(19)21;/h3-7,9-10,12-14,16H,2,8,11,15,17H2,1H3,(H2,23,25,26);1H. The highest BCUT2D eigenvalue weighted by Crippen LogP contribution is 2.16. The first-order chi connectivity index (χ1) is 12.9. The van der Waals surface area contributed by atoms with Gasteiger partial charge in [-0.1, -0.05) is 48.5 Å². The molecule has 5 heteroatoms. The van der Waals surface area contributed by atoms with E-state index in [1.54, 1.807) is 0 Å². The fourth-order valence-corrected chi connectivity index (χ4v) is 2.94. The summed E-state index contributed by atoms with van der Waals surface area (Å²) >= 11 is 0. The second kappa shape index (κ2) is 11.5. The first kappa shape index (κ1) is 21.2. The molecule has 27 heavy (non-hydrogen) atoms. The van der Waals surface area contributed by atoms with Gasteiger partial charge in [-0.25, -0.2) is 4.99 Å². The number of halogens is 1. The Morgan fingerprint density at radius 2 is 1.74 bits per heavy atom. The Morgan fingerprint density at radius 1 is 0.963 bits per heavy atom. The van der Waals surface area contributed by atoms with E-state index in [-0.39, 0.29) is 24.0 Å². The summed E-state index contributed by atoms with van der Waals surface area (Å²) in [4.78, 5) is 9.16. The summed E-state index contributed by atoms with van der Waals surface area (Å²) in [5.74, 6) is 0.862. The molecule has 0 bridgehead atoms. The molecule has 1 heterocycles. The van der Waals surface area contributed by atoms with E-state index in [9.17, 15) is 0 Å². The minimum Gasteiger partial charge on any atom is -0.357 e. The van der Waals surface area contributed by atoms with Crippen LogP contribution in [-0.2, 0) is 13.0 Å². The highest BCUT2D eigenvalue weighted by Gasteiger charge is 2.02. The predicted octanol–water partition coefficient (Wildman–Crippen LogP) is 4.54. The molecule has 142 valence electrons. The lowest BCUT2D eigenvalue weighted by atomic mass is 10.1. The van der Waals surface area contributed by atoms with Crippen LogP contribution in [0, 0.1) is 0 Å². The topological polar surface area (TPSA) is 49.3 Å². The van der Waals surface area contributed by atoms with E-state index < -0.39 is 0 Å². The zero-order chi connectivity index (χ0) is 18.0. The van der Waals surface area contributed by atoms with Gasteiger partial charge < -0.3 is 10.6 Å². The molecule has 0 fully saturated rings. The van der Waals surface area contributed by atoms with Crippen LogP contribution < -0.4 is 10.6 Å². The third-order valence-electron chi connectivity index (χ3n) is 4.27. The predicted molar refractivity (Wildman–Crippen MR) is 125 cm³/mol. The molecule has 0 aliphatic carbocycles. The van der Waals surface area contributed by atoms with Gasteiger partial charge in [0.25, 0.3) is 0 Å². The second-order valence-electron chi connectivity index (χ2n) is 6.20. The van der Waals surface area contributed by atoms with Crippen molar-refractivity contribution in [2.45, 2.75) is 26.3 Å². The van der Waals surface area contributed by atoms with Crippen LogP contribution in [0.15, 0.2) is 71.9 Å². The molecule has 0 saturated heterocycles. The van der Waals surface area contributed by atoms with Gasteiger partial charge in [0.2, 0.25) is 0 Å². The molecule has 0 atom stereocenters. The molecule has 3 rings (SSSR count). The van der Waals surface area contributed by atoms with Gasteiger partial charge in [-0.3, -0.25) is 4.98 Å². The Morgan fingerprint density at radius 3 is 2.56 bits per heavy atom. The number of nitrogens with one attached hydrogen (secondary N) is 2. The van der Waals surface area contributed by atoms with Crippen LogP contribution in [0.2, 0.25) is 0 Å². The smallest absolute Gasteiger partial charge is 0.191 e. The average Bonchev–Trinajstić information content (AvgIpc) is 2.70. The van der Waals surface area contributed by atoms with Gasteiger partial charge in [0.1, 0.15) is 0 Å². The van der Waals surface area contributed by atoms with E-state index in [0.29, 0.717) is 6.54 Å². The molecule has 1 aromatic heterocycles. The maximum Gasteiger partial charge on any atom is 0.191 e. The zero-order valence-electron chi connectivity index (χ0n) is 15.7. The molecule has 0 unspecified atom stereocenters. The van der Waals surface area contributed by atoms with Crippen LogP contribution in [0.1, 0.15) is 24.5 Å². The van der Waals surface area contributed by atoms with Crippen LogP contribution in [-0.4, -0.2) is 24.0 Å². The maximum absolute atomic E-state index is 4.75. The first-order valence-corrected chi connectivity index (χ1v) is 9.25. The number of para-hydroxylation sites is 1. The number of hydrogen-bond donors (Lipinski definition) is 2. The number of pyridine rings is 1. The number of guanidine groups is 1. The zero-order valence-corrected chi connectivity index (χ0v) is 18.0. The number of nitrogens with zero attached hydrogens (tertiary/aromatic N) is 2. The van der Waals surface area contributed by atoms with Gasteiger partial charge in [-0.2, -0.15) is 0 Å². The van der Waals surface area contributed by atoms with E-state index in [2.05, 4.69) is 58.9 Å². The van der Waals surface area contributed by atoms with Crippen molar-refractivity contribution in [2.75, 3.05) is 13.1 Å². The lowest BCUT2D eigenvalue weighted by molar-refractivity contribution is 0.744. The fraction of sp³-hybridized carbons (Fsp3) is 0.273. The van der Waals surface area contributed by atoms with Gasteiger partial charge >= 0.3 is 0 Å². The molecular weight excluding hydrogens is 447 g/mol. The molecule has 2 N–H and O–H groups in total. The largest absolute Gasteiger partial charge is 0.357 e. The van der Waals surface area contributed by atoms with Crippen molar-refractivity contribution in [3.8, 4) is 0 Å². The SMILES string of the molecule is CCNC(=NCc1ccnc2ccccc12)NCCCc1ccccc1.I. The molecule has 3 aromatic rings. The van der Waals surface area contributed by atoms with Crippen molar-refractivity contribution in [3.05, 3.63) is 78.0 Å². The number of aromatic nitrogens is 1. The maximum atomic E-state index is 4.75. The van der Waals surface area contributed by atoms with E-state index >= 15 is 0 Å². The van der Waals surface area contributed by atoms with Gasteiger partial charge in [-0.15, -0.1) is 24.0 Å². The monoisotopic (exact) mass is 474 g/mol. The summed E-state index contributed by atoms with van der Waals surface area (Å²) in [5.41, 5.74) is 3.58. The van der Waals surface area contributed by atoms with Crippen molar-refractivity contribution in [2.24, 2.45) is 4.99 Å². The molecular formula is C22H27IN4. The van der Waals surface area contributed by atoms with E-state index in [0.717, 1.165) is 37.4 Å². The minimum absolute atomic E-state index is 0. The van der Waals surface area contributed by atoms with Crippen molar-refractivity contribution in [1.82, 2.24) is 15.6 Å². The van der Waals surface area contributed by atoms with Crippen molar-refractivity contribution in [3.63, 3.8) is 0 Å². The van der Waals surface area contributed by atoms with E-state index in [1.165, 1.54) is 16.5 Å². The number of hydrogen-bond acceptors (Lipinski definition) is 2. The van der Waals surface area contributed by atoms with Crippen LogP contribution in [0.25, 0.3) is 10.9 Å². The summed E-state index contributed by atoms with van der Waals surface area (Å²) in [6.45, 7) is 4.47. The van der Waals surface area contributed by atoms with Gasteiger partial charge in [0, 0.05) is 24.7 Å². The number of rotatable bonds is 7. The Kier molecular flexibility index (Phi) is 9.04. The Hall–Kier alpha value is -2.15. The number of benzene rings is 2. The van der Waals surface area contributed by atoms with Crippen LogP contribution in [0.3, 0.4) is 0 Å². The highest BCUT2D eigenvalue weighted by atomic mass is 127. The summed E-state index contributed by atoms with van der Waals surface area (Å²) in [6, 6.07) is 20.8. The van der Waals surface area contributed by atoms with Crippen LogP contribution >= 0.6 is 24.0 Å². The summed E-state index contributed by atoms with van der Waals surface area (Å²) in [6.07, 6.45) is 4.00. The number of aliphatic imine (C=N–C) groups is 1. The van der Waals surface area contributed by atoms with Gasteiger partial charge in [0.15, 0.2) is 5.96 Å². The summed E-state index contributed by atoms with van der Waals surface area (Å²) in [7, 11) is 0. The van der Waals surface area contributed by atoms with Crippen LogP contribution in [0.4, 0.5) is 0 Å². The molecule has 0 spiro atoms. The average molecular weight is 474 g/mol. The quantitative estimate of drug-likeness (QED) is 0.229. The summed E-state index contributed by atoms with van der Waals surface area (Å²) < 4.78 is 0. The van der Waals surface area contributed by atoms with Crippen molar-refractivity contribution >= 4 is 40.8 Å². The summed E-state index contributed by atoms with van der Waals surface area (Å²) in [5, 5.41) is 7.92. The lowest BCUT2D eigenvalue weighted by Gasteiger charge is -2.12. The molecule has 0 aliphatic heterocycles. The molecule has 0 amide bonds. The van der Waals surface area contributed by atoms with Crippen molar-refractivity contribution in [1.29, 1.82) is 0 Å². The third kappa shape index (κ3) is 6.50. The number of aryl methyl sites for hydroxylation is 1. The molecule has 0 saturated carbocycles. The van der Waals surface area contributed by atoms with Gasteiger partial charge in [-0.05, 0) is 43.0 Å². The Balaban J connectivity index is 0.00000261. The van der Waals surface area contributed by atoms with E-state index in [1.807, 2.05) is 30.5 Å². The molecule has 0 aliphatic rings. The third-order valence-corrected chi connectivity index (χ3v) is 4.27. The van der Waals surface area contributed by atoms with Gasteiger partial charge in [0.05, 0.1) is 12.1 Å². The Labute approximate surface area is 178 Å². The lowest BCUT2D eigenvalue weighted by Crippen LogP contribution is -2.37. The number of fused-ring (bicyclic) bond motifs is 1. The first-order valence-electron chi connectivity index (χ1n) is 9.25. The molecule has 2 aromatic carbocycles.